The molecule has 7 nitrogen and oxygen atoms in total. The Morgan fingerprint density at radius 1 is 1.58 bits per heavy atom. The molecule has 0 aromatic carbocycles. The molecule has 0 spiro atoms. The fraction of sp³-hybridized carbons (Fsp3) is 0.333. The number of nitrogens with two attached hydrogens (primary N) is 1. The fourth-order valence-electron chi connectivity index (χ4n) is 1.19. The third kappa shape index (κ3) is 4.16. The minimum atomic E-state index is -4.06. The zero-order valence-electron chi connectivity index (χ0n) is 9.71. The first-order valence-corrected chi connectivity index (χ1v) is 7.60. The maximum absolute atomic E-state index is 11.9. The molecule has 1 rings (SSSR count). The van der Waals surface area contributed by atoms with Gasteiger partial charge in [0.05, 0.1) is 10.8 Å². The molecule has 1 aromatic rings. The maximum atomic E-state index is 11.9. The van der Waals surface area contributed by atoms with Gasteiger partial charge in [-0.25, -0.2) is 8.42 Å². The number of primary amides is 1. The van der Waals surface area contributed by atoms with E-state index in [0.29, 0.717) is 9.90 Å². The summed E-state index contributed by atoms with van der Waals surface area (Å²) in [5.41, 5.74) is 5.43. The van der Waals surface area contributed by atoms with Crippen molar-refractivity contribution < 1.29 is 23.1 Å². The van der Waals surface area contributed by atoms with Crippen molar-refractivity contribution in [3.63, 3.8) is 0 Å². The van der Waals surface area contributed by atoms with Gasteiger partial charge in [0.25, 0.3) is 10.0 Å². The number of carbonyl (C=O) groups excluding carboxylic acids is 1. The average molecular weight is 327 g/mol. The third-order valence-corrected chi connectivity index (χ3v) is 5.60. The standard InChI is InChI=1S/C9H11ClN2O5S2/c1-4-2-7(18-8(4)10)19(16,17)12-5(9(14)15)3-6(11)13/h2,5,12H,3H2,1H3,(H2,11,13)(H,14,15)/t5-/m1/s1. The summed E-state index contributed by atoms with van der Waals surface area (Å²) in [5, 5.41) is 8.83. The fourth-order valence-corrected chi connectivity index (χ4v) is 4.10. The van der Waals surface area contributed by atoms with Crippen LogP contribution in [0.2, 0.25) is 4.34 Å². The molecule has 1 amide bonds. The van der Waals surface area contributed by atoms with Crippen molar-refractivity contribution in [2.75, 3.05) is 0 Å². The zero-order valence-corrected chi connectivity index (χ0v) is 12.1. The first-order valence-electron chi connectivity index (χ1n) is 4.93. The smallest absolute Gasteiger partial charge is 0.322 e. The SMILES string of the molecule is Cc1cc(S(=O)(=O)N[C@H](CC(N)=O)C(=O)O)sc1Cl. The van der Waals surface area contributed by atoms with Gasteiger partial charge in [0, 0.05) is 0 Å². The Hall–Kier alpha value is -1.16. The number of amides is 1. The molecule has 1 heterocycles. The van der Waals surface area contributed by atoms with Gasteiger partial charge in [-0.1, -0.05) is 11.6 Å². The first kappa shape index (κ1) is 15.9. The van der Waals surface area contributed by atoms with E-state index in [9.17, 15) is 18.0 Å². The molecule has 0 bridgehead atoms. The molecule has 0 saturated heterocycles. The maximum Gasteiger partial charge on any atom is 0.322 e. The van der Waals surface area contributed by atoms with E-state index in [0.717, 1.165) is 11.3 Å². The number of hydrogen-bond acceptors (Lipinski definition) is 5. The molecule has 0 fully saturated rings. The Kier molecular flexibility index (Phi) is 4.91. The van der Waals surface area contributed by atoms with Gasteiger partial charge in [0.1, 0.15) is 10.3 Å². The van der Waals surface area contributed by atoms with Gasteiger partial charge in [-0.2, -0.15) is 4.72 Å². The van der Waals surface area contributed by atoms with Crippen molar-refractivity contribution in [2.24, 2.45) is 5.73 Å². The predicted molar refractivity (Wildman–Crippen MR) is 69.6 cm³/mol. The van der Waals surface area contributed by atoms with Gasteiger partial charge in [-0.15, -0.1) is 11.3 Å². The lowest BCUT2D eigenvalue weighted by Gasteiger charge is -2.11. The quantitative estimate of drug-likeness (QED) is 0.693. The van der Waals surface area contributed by atoms with E-state index < -0.39 is 34.4 Å². The normalized spacial score (nSPS) is 13.2. The Morgan fingerprint density at radius 2 is 2.16 bits per heavy atom. The number of carboxylic acid groups (broad SMARTS) is 1. The minimum Gasteiger partial charge on any atom is -0.480 e. The molecular formula is C9H11ClN2O5S2. The Balaban J connectivity index is 3.00. The summed E-state index contributed by atoms with van der Waals surface area (Å²) >= 11 is 6.55. The van der Waals surface area contributed by atoms with Gasteiger partial charge < -0.3 is 10.8 Å². The van der Waals surface area contributed by atoms with Gasteiger partial charge in [0.2, 0.25) is 5.91 Å². The zero-order chi connectivity index (χ0) is 14.8. The molecule has 0 radical (unpaired) electrons. The second kappa shape index (κ2) is 5.87. The highest BCUT2D eigenvalue weighted by Gasteiger charge is 2.28. The second-order valence-electron chi connectivity index (χ2n) is 3.70. The molecule has 1 aromatic heterocycles. The largest absolute Gasteiger partial charge is 0.480 e. The van der Waals surface area contributed by atoms with E-state index in [4.69, 9.17) is 22.4 Å². The molecule has 4 N–H and O–H groups in total. The summed E-state index contributed by atoms with van der Waals surface area (Å²) < 4.78 is 25.9. The van der Waals surface area contributed by atoms with Crippen LogP contribution in [0, 0.1) is 6.92 Å². The summed E-state index contributed by atoms with van der Waals surface area (Å²) in [4.78, 5) is 21.6. The molecule has 0 aliphatic carbocycles. The number of nitrogens with one attached hydrogen (secondary N) is 1. The van der Waals surface area contributed by atoms with Gasteiger partial charge >= 0.3 is 5.97 Å². The van der Waals surface area contributed by atoms with E-state index in [1.807, 2.05) is 4.72 Å². The Bertz CT molecular complexity index is 591. The average Bonchev–Trinajstić information content (AvgIpc) is 2.58. The summed E-state index contributed by atoms with van der Waals surface area (Å²) in [7, 11) is -4.06. The van der Waals surface area contributed by atoms with Crippen LogP contribution in [-0.2, 0) is 19.6 Å². The van der Waals surface area contributed by atoms with Gasteiger partial charge in [-0.05, 0) is 18.6 Å². The van der Waals surface area contributed by atoms with Crippen LogP contribution in [0.15, 0.2) is 10.3 Å². The van der Waals surface area contributed by atoms with Gasteiger partial charge in [-0.3, -0.25) is 9.59 Å². The summed E-state index contributed by atoms with van der Waals surface area (Å²) in [6, 6.07) is -0.290. The van der Waals surface area contributed by atoms with Crippen molar-refractivity contribution in [1.82, 2.24) is 4.72 Å². The van der Waals surface area contributed by atoms with E-state index in [1.165, 1.54) is 6.07 Å². The van der Waals surface area contributed by atoms with Crippen LogP contribution in [0.1, 0.15) is 12.0 Å². The van der Waals surface area contributed by atoms with E-state index in [2.05, 4.69) is 0 Å². The number of carboxylic acids is 1. The number of rotatable bonds is 6. The molecule has 0 unspecified atom stereocenters. The highest BCUT2D eigenvalue weighted by atomic mass is 35.5. The molecule has 0 aliphatic rings. The molecule has 106 valence electrons. The summed E-state index contributed by atoms with van der Waals surface area (Å²) in [6.07, 6.45) is -0.632. The van der Waals surface area contributed by atoms with Gasteiger partial charge in [0.15, 0.2) is 0 Å². The molecule has 0 saturated carbocycles. The molecular weight excluding hydrogens is 316 g/mol. The number of thiophene rings is 1. The molecule has 10 heteroatoms. The van der Waals surface area contributed by atoms with Crippen LogP contribution in [0.3, 0.4) is 0 Å². The number of halogens is 1. The molecule has 0 aliphatic heterocycles. The van der Waals surface area contributed by atoms with Crippen LogP contribution >= 0.6 is 22.9 Å². The van der Waals surface area contributed by atoms with Crippen molar-refractivity contribution in [2.45, 2.75) is 23.6 Å². The van der Waals surface area contributed by atoms with Crippen LogP contribution in [-0.4, -0.2) is 31.4 Å². The van der Waals surface area contributed by atoms with E-state index in [1.54, 1.807) is 6.92 Å². The van der Waals surface area contributed by atoms with Crippen molar-refractivity contribution in [3.8, 4) is 0 Å². The Labute approximate surface area is 118 Å². The van der Waals surface area contributed by atoms with Crippen molar-refractivity contribution in [3.05, 3.63) is 16.0 Å². The predicted octanol–water partition coefficient (Wildman–Crippen LogP) is 0.317. The topological polar surface area (TPSA) is 127 Å². The van der Waals surface area contributed by atoms with Crippen molar-refractivity contribution in [1.29, 1.82) is 0 Å². The highest BCUT2D eigenvalue weighted by molar-refractivity contribution is 7.91. The van der Waals surface area contributed by atoms with Crippen molar-refractivity contribution >= 4 is 44.8 Å². The second-order valence-corrected chi connectivity index (χ2v) is 7.30. The van der Waals surface area contributed by atoms with Crippen LogP contribution in [0.25, 0.3) is 0 Å². The first-order chi connectivity index (χ1) is 8.63. The van der Waals surface area contributed by atoms with Crippen LogP contribution < -0.4 is 10.5 Å². The lowest BCUT2D eigenvalue weighted by Crippen LogP contribution is -2.43. The van der Waals surface area contributed by atoms with Crippen LogP contribution in [0.5, 0.6) is 0 Å². The lowest BCUT2D eigenvalue weighted by molar-refractivity contribution is -0.140. The summed E-state index contributed by atoms with van der Waals surface area (Å²) in [5.74, 6) is -2.41. The monoisotopic (exact) mass is 326 g/mol. The molecule has 1 atom stereocenters. The number of carbonyl (C=O) groups is 2. The molecule has 19 heavy (non-hydrogen) atoms. The summed E-state index contributed by atoms with van der Waals surface area (Å²) in [6.45, 7) is 1.62. The number of aryl methyl sites for hydroxylation is 1. The third-order valence-electron chi connectivity index (χ3n) is 2.10. The number of aliphatic carboxylic acids is 1. The van der Waals surface area contributed by atoms with E-state index in [-0.39, 0.29) is 4.21 Å². The number of hydrogen-bond donors (Lipinski definition) is 3. The number of sulfonamides is 1. The minimum absolute atomic E-state index is 0.120. The van der Waals surface area contributed by atoms with Crippen LogP contribution in [0.4, 0.5) is 0 Å². The lowest BCUT2D eigenvalue weighted by atomic mass is 10.2. The Morgan fingerprint density at radius 3 is 2.53 bits per heavy atom. The highest BCUT2D eigenvalue weighted by Crippen LogP contribution is 2.30. The van der Waals surface area contributed by atoms with E-state index >= 15 is 0 Å².